The quantitative estimate of drug-likeness (QED) is 0.382. The number of hydrogen-bond acceptors (Lipinski definition) is 6. The monoisotopic (exact) mass is 468 g/mol. The number of benzene rings is 2. The molecule has 1 amide bonds. The van der Waals surface area contributed by atoms with Crippen molar-refractivity contribution in [2.45, 2.75) is 13.8 Å². The van der Waals surface area contributed by atoms with Crippen molar-refractivity contribution in [1.29, 1.82) is 0 Å². The van der Waals surface area contributed by atoms with Gasteiger partial charge >= 0.3 is 5.97 Å². The summed E-state index contributed by atoms with van der Waals surface area (Å²) in [6.07, 6.45) is 0. The Bertz CT molecular complexity index is 1230. The van der Waals surface area contributed by atoms with Gasteiger partial charge in [0, 0.05) is 28.2 Å². The Hall–Kier alpha value is -4.14. The van der Waals surface area contributed by atoms with E-state index in [-0.39, 0.29) is 11.4 Å². The number of hydrogen-bond donors (Lipinski definition) is 1. The van der Waals surface area contributed by atoms with Crippen molar-refractivity contribution in [3.05, 3.63) is 76.9 Å². The molecule has 1 aromatic heterocycles. The van der Waals surface area contributed by atoms with Gasteiger partial charge in [-0.15, -0.1) is 0 Å². The number of rotatable bonds is 9. The topological polar surface area (TPSA) is 95.9 Å². The van der Waals surface area contributed by atoms with Gasteiger partial charge in [0.15, 0.2) is 18.1 Å². The number of aryl methyl sites for hydroxylation is 1. The van der Waals surface area contributed by atoms with Crippen molar-refractivity contribution in [2.24, 2.45) is 0 Å². The zero-order valence-electron chi connectivity index (χ0n) is 19.3. The summed E-state index contributed by atoms with van der Waals surface area (Å²) in [5, 5.41) is 2.44. The van der Waals surface area contributed by atoms with E-state index in [9.17, 15) is 18.8 Å². The van der Waals surface area contributed by atoms with E-state index >= 15 is 0 Å². The van der Waals surface area contributed by atoms with E-state index in [1.54, 1.807) is 42.7 Å². The van der Waals surface area contributed by atoms with Gasteiger partial charge in [0.05, 0.1) is 14.2 Å². The van der Waals surface area contributed by atoms with Crippen LogP contribution in [0.4, 0.5) is 4.39 Å². The minimum Gasteiger partial charge on any atom is -0.493 e. The number of ketones is 1. The number of nitrogens with one attached hydrogen (secondary N) is 1. The number of amides is 1. The SMILES string of the molecule is COc1ccc(C(=O)NCC(=O)OCC(=O)c2cc(C)n(-c3cccc(F)c3)c2C)cc1OC. The number of esters is 1. The Kier molecular flexibility index (Phi) is 7.68. The van der Waals surface area contributed by atoms with Gasteiger partial charge in [-0.05, 0) is 56.3 Å². The van der Waals surface area contributed by atoms with Gasteiger partial charge in [0.25, 0.3) is 5.91 Å². The molecule has 34 heavy (non-hydrogen) atoms. The van der Waals surface area contributed by atoms with Crippen LogP contribution in [-0.4, -0.2) is 49.6 Å². The molecule has 3 rings (SSSR count). The molecule has 0 spiro atoms. The lowest BCUT2D eigenvalue weighted by Crippen LogP contribution is -2.31. The highest BCUT2D eigenvalue weighted by atomic mass is 19.1. The van der Waals surface area contributed by atoms with E-state index in [1.165, 1.54) is 38.5 Å². The van der Waals surface area contributed by atoms with Gasteiger partial charge < -0.3 is 24.1 Å². The average Bonchev–Trinajstić information content (AvgIpc) is 3.14. The number of nitrogens with zero attached hydrogens (tertiary/aromatic N) is 1. The lowest BCUT2D eigenvalue weighted by molar-refractivity contribution is -0.141. The van der Waals surface area contributed by atoms with Gasteiger partial charge in [-0.1, -0.05) is 6.07 Å². The minimum absolute atomic E-state index is 0.270. The molecule has 9 heteroatoms. The smallest absolute Gasteiger partial charge is 0.325 e. The van der Waals surface area contributed by atoms with Gasteiger partial charge in [-0.3, -0.25) is 14.4 Å². The number of ether oxygens (including phenoxy) is 3. The molecule has 3 aromatic rings. The summed E-state index contributed by atoms with van der Waals surface area (Å²) in [7, 11) is 2.93. The van der Waals surface area contributed by atoms with Crippen LogP contribution in [0.25, 0.3) is 5.69 Å². The Balaban J connectivity index is 1.58. The molecule has 1 heterocycles. The number of methoxy groups -OCH3 is 2. The van der Waals surface area contributed by atoms with Crippen molar-refractivity contribution in [1.82, 2.24) is 9.88 Å². The van der Waals surface area contributed by atoms with E-state index in [1.807, 2.05) is 0 Å². The summed E-state index contributed by atoms with van der Waals surface area (Å²) >= 11 is 0. The Morgan fingerprint density at radius 3 is 2.38 bits per heavy atom. The maximum atomic E-state index is 13.6. The number of aromatic nitrogens is 1. The Labute approximate surface area is 196 Å². The number of halogens is 1. The molecular weight excluding hydrogens is 443 g/mol. The van der Waals surface area contributed by atoms with Gasteiger partial charge in [0.1, 0.15) is 12.4 Å². The first-order valence-corrected chi connectivity index (χ1v) is 10.4. The van der Waals surface area contributed by atoms with Crippen molar-refractivity contribution in [3.63, 3.8) is 0 Å². The first-order valence-electron chi connectivity index (χ1n) is 10.4. The molecule has 0 atom stereocenters. The molecule has 0 aliphatic heterocycles. The Morgan fingerprint density at radius 2 is 1.71 bits per heavy atom. The zero-order valence-corrected chi connectivity index (χ0v) is 19.3. The molecule has 178 valence electrons. The van der Waals surface area contributed by atoms with Crippen LogP contribution in [0.2, 0.25) is 0 Å². The zero-order chi connectivity index (χ0) is 24.8. The highest BCUT2D eigenvalue weighted by molar-refractivity contribution is 6.00. The second kappa shape index (κ2) is 10.7. The third-order valence-corrected chi connectivity index (χ3v) is 5.20. The molecule has 0 unspecified atom stereocenters. The molecule has 0 aliphatic carbocycles. The van der Waals surface area contributed by atoms with Crippen LogP contribution in [0.5, 0.6) is 11.5 Å². The highest BCUT2D eigenvalue weighted by Gasteiger charge is 2.19. The van der Waals surface area contributed by atoms with E-state index in [2.05, 4.69) is 5.32 Å². The first-order chi connectivity index (χ1) is 16.2. The highest BCUT2D eigenvalue weighted by Crippen LogP contribution is 2.27. The molecule has 1 N–H and O–H groups in total. The maximum absolute atomic E-state index is 13.6. The lowest BCUT2D eigenvalue weighted by atomic mass is 10.1. The third-order valence-electron chi connectivity index (χ3n) is 5.20. The third kappa shape index (κ3) is 5.43. The maximum Gasteiger partial charge on any atom is 0.325 e. The molecule has 0 aliphatic rings. The summed E-state index contributed by atoms with van der Waals surface area (Å²) in [6, 6.07) is 12.3. The molecular formula is C25H25FN2O6. The summed E-state index contributed by atoms with van der Waals surface area (Å²) < 4.78 is 30.7. The number of Topliss-reactive ketones (excluding diaryl/α,β-unsaturated/α-hetero) is 1. The molecule has 0 saturated carbocycles. The van der Waals surface area contributed by atoms with Crippen LogP contribution >= 0.6 is 0 Å². The fourth-order valence-electron chi connectivity index (χ4n) is 3.56. The lowest BCUT2D eigenvalue weighted by Gasteiger charge is -2.10. The second-order valence-electron chi connectivity index (χ2n) is 7.44. The Morgan fingerprint density at radius 1 is 0.971 bits per heavy atom. The number of carbonyl (C=O) groups is 3. The van der Waals surface area contributed by atoms with E-state index in [0.29, 0.717) is 28.4 Å². The van der Waals surface area contributed by atoms with Crippen molar-refractivity contribution < 1.29 is 33.0 Å². The van der Waals surface area contributed by atoms with Crippen LogP contribution in [0.1, 0.15) is 32.1 Å². The molecule has 0 radical (unpaired) electrons. The van der Waals surface area contributed by atoms with Crippen molar-refractivity contribution in [3.8, 4) is 17.2 Å². The van der Waals surface area contributed by atoms with Gasteiger partial charge in [-0.2, -0.15) is 0 Å². The van der Waals surface area contributed by atoms with Crippen molar-refractivity contribution in [2.75, 3.05) is 27.4 Å². The van der Waals surface area contributed by atoms with Crippen LogP contribution in [0, 0.1) is 19.7 Å². The standard InChI is InChI=1S/C25H25FN2O6/c1-15-10-20(16(2)28(15)19-7-5-6-18(26)12-19)21(29)14-34-24(30)13-27-25(31)17-8-9-22(32-3)23(11-17)33-4/h5-12H,13-14H2,1-4H3,(H,27,31). The van der Waals surface area contributed by atoms with Crippen LogP contribution in [-0.2, 0) is 9.53 Å². The molecule has 0 fully saturated rings. The summed E-state index contributed by atoms with van der Waals surface area (Å²) in [5.74, 6) is -1.23. The minimum atomic E-state index is -0.763. The molecule has 0 bridgehead atoms. The first kappa shape index (κ1) is 24.5. The van der Waals surface area contributed by atoms with Gasteiger partial charge in [0.2, 0.25) is 5.78 Å². The summed E-state index contributed by atoms with van der Waals surface area (Å²) in [4.78, 5) is 37.0. The van der Waals surface area contributed by atoms with Crippen LogP contribution in [0.3, 0.4) is 0 Å². The second-order valence-corrected chi connectivity index (χ2v) is 7.44. The normalized spacial score (nSPS) is 10.5. The van der Waals surface area contributed by atoms with Crippen LogP contribution < -0.4 is 14.8 Å². The van der Waals surface area contributed by atoms with E-state index in [0.717, 1.165) is 5.69 Å². The summed E-state index contributed by atoms with van der Waals surface area (Å²) in [6.45, 7) is 2.63. The largest absolute Gasteiger partial charge is 0.493 e. The van der Waals surface area contributed by atoms with E-state index < -0.39 is 30.8 Å². The van der Waals surface area contributed by atoms with Gasteiger partial charge in [-0.25, -0.2) is 4.39 Å². The predicted octanol–water partition coefficient (Wildman–Crippen LogP) is 3.41. The number of carbonyl (C=O) groups excluding carboxylic acids is 3. The fraction of sp³-hybridized carbons (Fsp3) is 0.240. The van der Waals surface area contributed by atoms with Crippen LogP contribution in [0.15, 0.2) is 48.5 Å². The molecule has 0 saturated heterocycles. The average molecular weight is 468 g/mol. The van der Waals surface area contributed by atoms with E-state index in [4.69, 9.17) is 14.2 Å². The predicted molar refractivity (Wildman–Crippen MR) is 122 cm³/mol. The summed E-state index contributed by atoms with van der Waals surface area (Å²) in [5.41, 5.74) is 2.56. The van der Waals surface area contributed by atoms with Crippen molar-refractivity contribution >= 4 is 17.7 Å². The molecule has 2 aromatic carbocycles. The fourth-order valence-corrected chi connectivity index (χ4v) is 3.56. The molecule has 8 nitrogen and oxygen atoms in total.